The third kappa shape index (κ3) is 4.67. The Bertz CT molecular complexity index is 309. The first-order valence-corrected chi connectivity index (χ1v) is 5.72. The molecule has 0 fully saturated rings. The summed E-state index contributed by atoms with van der Waals surface area (Å²) in [7, 11) is 1.66. The smallest absolute Gasteiger partial charge is 0.118 e. The highest BCUT2D eigenvalue weighted by molar-refractivity contribution is 5.27. The van der Waals surface area contributed by atoms with Crippen LogP contribution in [0.25, 0.3) is 0 Å². The number of benzene rings is 1. The predicted molar refractivity (Wildman–Crippen MR) is 66.8 cm³/mol. The lowest BCUT2D eigenvalue weighted by atomic mass is 9.87. The van der Waals surface area contributed by atoms with Crippen molar-refractivity contribution in [2.45, 2.75) is 39.7 Å². The van der Waals surface area contributed by atoms with Crippen molar-refractivity contribution in [1.82, 2.24) is 0 Å². The topological polar surface area (TPSA) is 29.5 Å². The Morgan fingerprint density at radius 2 is 1.75 bits per heavy atom. The van der Waals surface area contributed by atoms with E-state index in [0.717, 1.165) is 17.7 Å². The van der Waals surface area contributed by atoms with Crippen molar-refractivity contribution in [2.75, 3.05) is 7.11 Å². The summed E-state index contributed by atoms with van der Waals surface area (Å²) in [6.07, 6.45) is 1.26. The van der Waals surface area contributed by atoms with Gasteiger partial charge in [0, 0.05) is 0 Å². The van der Waals surface area contributed by atoms with Crippen molar-refractivity contribution < 1.29 is 9.84 Å². The second-order valence-corrected chi connectivity index (χ2v) is 5.47. The number of rotatable bonds is 4. The first kappa shape index (κ1) is 13.0. The maximum Gasteiger partial charge on any atom is 0.118 e. The molecular formula is C14H22O2. The molecule has 0 saturated carbocycles. The average Bonchev–Trinajstić information content (AvgIpc) is 2.16. The van der Waals surface area contributed by atoms with Gasteiger partial charge in [0.25, 0.3) is 0 Å². The van der Waals surface area contributed by atoms with Crippen LogP contribution in [0.4, 0.5) is 0 Å². The molecule has 1 N–H and O–H groups in total. The van der Waals surface area contributed by atoms with Gasteiger partial charge in [0.2, 0.25) is 0 Å². The van der Waals surface area contributed by atoms with Gasteiger partial charge in [-0.05, 0) is 36.0 Å². The second kappa shape index (κ2) is 5.35. The van der Waals surface area contributed by atoms with E-state index >= 15 is 0 Å². The van der Waals surface area contributed by atoms with E-state index in [-0.39, 0.29) is 11.5 Å². The maximum atomic E-state index is 9.93. The lowest BCUT2D eigenvalue weighted by Gasteiger charge is -2.22. The van der Waals surface area contributed by atoms with Crippen LogP contribution in [0.1, 0.15) is 32.8 Å². The maximum absolute atomic E-state index is 9.93. The van der Waals surface area contributed by atoms with Crippen LogP contribution in [0.2, 0.25) is 0 Å². The summed E-state index contributed by atoms with van der Waals surface area (Å²) < 4.78 is 5.09. The molecule has 0 aliphatic heterocycles. The molecule has 1 aromatic carbocycles. The van der Waals surface area contributed by atoms with E-state index in [4.69, 9.17) is 4.74 Å². The SMILES string of the molecule is COc1ccc(CC(O)CC(C)(C)C)cc1. The number of hydrogen-bond acceptors (Lipinski definition) is 2. The van der Waals surface area contributed by atoms with Gasteiger partial charge in [-0.2, -0.15) is 0 Å². The first-order chi connectivity index (χ1) is 7.40. The van der Waals surface area contributed by atoms with Crippen LogP contribution in [0.3, 0.4) is 0 Å². The van der Waals surface area contributed by atoms with Crippen LogP contribution in [0, 0.1) is 5.41 Å². The summed E-state index contributed by atoms with van der Waals surface area (Å²) in [6.45, 7) is 6.43. The van der Waals surface area contributed by atoms with Gasteiger partial charge in [-0.15, -0.1) is 0 Å². The molecule has 2 heteroatoms. The largest absolute Gasteiger partial charge is 0.497 e. The highest BCUT2D eigenvalue weighted by Gasteiger charge is 2.16. The summed E-state index contributed by atoms with van der Waals surface area (Å²) in [4.78, 5) is 0. The summed E-state index contributed by atoms with van der Waals surface area (Å²) in [6, 6.07) is 7.87. The first-order valence-electron chi connectivity index (χ1n) is 5.72. The lowest BCUT2D eigenvalue weighted by Crippen LogP contribution is -2.19. The molecule has 0 aromatic heterocycles. The van der Waals surface area contributed by atoms with Crippen LogP contribution in [0.5, 0.6) is 5.75 Å². The minimum atomic E-state index is -0.270. The number of aliphatic hydroxyl groups is 1. The summed E-state index contributed by atoms with van der Waals surface area (Å²) in [5, 5.41) is 9.93. The zero-order valence-corrected chi connectivity index (χ0v) is 10.7. The highest BCUT2D eigenvalue weighted by atomic mass is 16.5. The van der Waals surface area contributed by atoms with Gasteiger partial charge < -0.3 is 9.84 Å². The number of aliphatic hydroxyl groups excluding tert-OH is 1. The van der Waals surface area contributed by atoms with Gasteiger partial charge in [0.05, 0.1) is 13.2 Å². The van der Waals surface area contributed by atoms with E-state index in [0.29, 0.717) is 6.42 Å². The van der Waals surface area contributed by atoms with Crippen LogP contribution in [0.15, 0.2) is 24.3 Å². The minimum Gasteiger partial charge on any atom is -0.497 e. The number of ether oxygens (including phenoxy) is 1. The van der Waals surface area contributed by atoms with E-state index < -0.39 is 0 Å². The fraction of sp³-hybridized carbons (Fsp3) is 0.571. The predicted octanol–water partition coefficient (Wildman–Crippen LogP) is 3.03. The zero-order valence-electron chi connectivity index (χ0n) is 10.7. The quantitative estimate of drug-likeness (QED) is 0.848. The van der Waals surface area contributed by atoms with Gasteiger partial charge in [-0.3, -0.25) is 0 Å². The molecular weight excluding hydrogens is 200 g/mol. The lowest BCUT2D eigenvalue weighted by molar-refractivity contribution is 0.121. The van der Waals surface area contributed by atoms with Gasteiger partial charge in [0.1, 0.15) is 5.75 Å². The van der Waals surface area contributed by atoms with Crippen molar-refractivity contribution >= 4 is 0 Å². The van der Waals surface area contributed by atoms with Gasteiger partial charge in [0.15, 0.2) is 0 Å². The van der Waals surface area contributed by atoms with E-state index in [1.54, 1.807) is 7.11 Å². The molecule has 0 heterocycles. The second-order valence-electron chi connectivity index (χ2n) is 5.47. The van der Waals surface area contributed by atoms with E-state index in [1.165, 1.54) is 0 Å². The molecule has 0 aliphatic carbocycles. The molecule has 1 atom stereocenters. The number of hydrogen-bond donors (Lipinski definition) is 1. The Hall–Kier alpha value is -1.02. The van der Waals surface area contributed by atoms with E-state index in [2.05, 4.69) is 20.8 Å². The third-order valence-corrected chi connectivity index (χ3v) is 2.48. The van der Waals surface area contributed by atoms with E-state index in [9.17, 15) is 5.11 Å². The summed E-state index contributed by atoms with van der Waals surface area (Å²) in [5.41, 5.74) is 1.32. The van der Waals surface area contributed by atoms with Crippen LogP contribution < -0.4 is 4.74 Å². The Balaban J connectivity index is 2.53. The molecule has 2 nitrogen and oxygen atoms in total. The molecule has 16 heavy (non-hydrogen) atoms. The monoisotopic (exact) mass is 222 g/mol. The van der Waals surface area contributed by atoms with Crippen molar-refractivity contribution in [2.24, 2.45) is 5.41 Å². The van der Waals surface area contributed by atoms with Crippen molar-refractivity contribution in [1.29, 1.82) is 0 Å². The Morgan fingerprint density at radius 1 is 1.19 bits per heavy atom. The van der Waals surface area contributed by atoms with Crippen LogP contribution >= 0.6 is 0 Å². The molecule has 0 spiro atoms. The molecule has 0 bridgehead atoms. The van der Waals surface area contributed by atoms with Crippen molar-refractivity contribution in [3.05, 3.63) is 29.8 Å². The molecule has 1 aromatic rings. The molecule has 90 valence electrons. The zero-order chi connectivity index (χ0) is 12.2. The number of methoxy groups -OCH3 is 1. The minimum absolute atomic E-state index is 0.173. The summed E-state index contributed by atoms with van der Waals surface area (Å²) in [5.74, 6) is 0.856. The Labute approximate surface area is 98.3 Å². The fourth-order valence-corrected chi connectivity index (χ4v) is 1.81. The highest BCUT2D eigenvalue weighted by Crippen LogP contribution is 2.23. The standard InChI is InChI=1S/C14H22O2/c1-14(2,3)10-12(15)9-11-5-7-13(16-4)8-6-11/h5-8,12,15H,9-10H2,1-4H3. The van der Waals surface area contributed by atoms with Gasteiger partial charge >= 0.3 is 0 Å². The van der Waals surface area contributed by atoms with Crippen molar-refractivity contribution in [3.63, 3.8) is 0 Å². The normalized spacial score (nSPS) is 13.6. The molecule has 1 unspecified atom stereocenters. The summed E-state index contributed by atoms with van der Waals surface area (Å²) >= 11 is 0. The molecule has 1 rings (SSSR count). The molecule has 0 saturated heterocycles. The Kier molecular flexibility index (Phi) is 4.36. The fourth-order valence-electron chi connectivity index (χ4n) is 1.81. The third-order valence-electron chi connectivity index (χ3n) is 2.48. The van der Waals surface area contributed by atoms with Gasteiger partial charge in [-0.25, -0.2) is 0 Å². The van der Waals surface area contributed by atoms with Crippen molar-refractivity contribution in [3.8, 4) is 5.75 Å². The van der Waals surface area contributed by atoms with Gasteiger partial charge in [-0.1, -0.05) is 32.9 Å². The average molecular weight is 222 g/mol. The molecule has 0 radical (unpaired) electrons. The van der Waals surface area contributed by atoms with Crippen LogP contribution in [-0.2, 0) is 6.42 Å². The molecule has 0 aliphatic rings. The van der Waals surface area contributed by atoms with E-state index in [1.807, 2.05) is 24.3 Å². The molecule has 0 amide bonds. The van der Waals surface area contributed by atoms with Crippen LogP contribution in [-0.4, -0.2) is 18.3 Å². The Morgan fingerprint density at radius 3 is 2.19 bits per heavy atom.